The maximum Gasteiger partial charge on any atom is 0.292 e. The number of rotatable bonds is 5. The van der Waals surface area contributed by atoms with Crippen molar-refractivity contribution in [1.29, 1.82) is 0 Å². The van der Waals surface area contributed by atoms with Crippen LogP contribution in [0.4, 0.5) is 0 Å². The van der Waals surface area contributed by atoms with Crippen molar-refractivity contribution in [3.8, 4) is 5.75 Å². The highest BCUT2D eigenvalue weighted by Gasteiger charge is 2.21. The molecule has 3 rings (SSSR count). The third-order valence-electron chi connectivity index (χ3n) is 3.84. The number of carbonyl (C=O) groups excluding carboxylic acids is 1. The second-order valence-electron chi connectivity index (χ2n) is 5.44. The van der Waals surface area contributed by atoms with E-state index in [1.807, 2.05) is 31.2 Å². The number of hydrogen-bond acceptors (Lipinski definition) is 4. The van der Waals surface area contributed by atoms with Gasteiger partial charge in [-0.2, -0.15) is 10.2 Å². The molecule has 0 aliphatic heterocycles. The van der Waals surface area contributed by atoms with Crippen molar-refractivity contribution in [3.05, 3.63) is 46.8 Å². The third kappa shape index (κ3) is 3.59. The van der Waals surface area contributed by atoms with Crippen LogP contribution in [0, 0.1) is 0 Å². The minimum Gasteiger partial charge on any atom is -0.494 e. The largest absolute Gasteiger partial charge is 0.494 e. The molecule has 0 spiro atoms. The Kier molecular flexibility index (Phi) is 4.71. The van der Waals surface area contributed by atoms with Gasteiger partial charge in [-0.1, -0.05) is 0 Å². The number of H-pyrrole nitrogens is 1. The fraction of sp³-hybridized carbons (Fsp3) is 0.353. The molecule has 1 aromatic carbocycles. The van der Waals surface area contributed by atoms with Gasteiger partial charge in [0.2, 0.25) is 0 Å². The van der Waals surface area contributed by atoms with Gasteiger partial charge in [-0.25, -0.2) is 5.43 Å². The minimum absolute atomic E-state index is 0.272. The molecule has 23 heavy (non-hydrogen) atoms. The van der Waals surface area contributed by atoms with Gasteiger partial charge in [0.25, 0.3) is 5.91 Å². The highest BCUT2D eigenvalue weighted by Crippen LogP contribution is 2.21. The van der Waals surface area contributed by atoms with Gasteiger partial charge in [0.1, 0.15) is 5.75 Å². The predicted octanol–water partition coefficient (Wildman–Crippen LogP) is 2.45. The molecule has 0 atom stereocenters. The fourth-order valence-corrected chi connectivity index (χ4v) is 2.70. The van der Waals surface area contributed by atoms with Crippen LogP contribution in [0.3, 0.4) is 0 Å². The van der Waals surface area contributed by atoms with Gasteiger partial charge < -0.3 is 4.74 Å². The van der Waals surface area contributed by atoms with Gasteiger partial charge in [-0.3, -0.25) is 9.89 Å². The van der Waals surface area contributed by atoms with E-state index in [9.17, 15) is 4.79 Å². The summed E-state index contributed by atoms with van der Waals surface area (Å²) in [7, 11) is 0. The number of benzene rings is 1. The Morgan fingerprint density at radius 1 is 1.35 bits per heavy atom. The Bertz CT molecular complexity index is 704. The average Bonchev–Trinajstić information content (AvgIpc) is 3.01. The summed E-state index contributed by atoms with van der Waals surface area (Å²) in [6, 6.07) is 7.52. The molecule has 0 radical (unpaired) electrons. The van der Waals surface area contributed by atoms with Crippen LogP contribution in [0.5, 0.6) is 5.75 Å². The number of aromatic amines is 1. The normalized spacial score (nSPS) is 13.8. The van der Waals surface area contributed by atoms with Gasteiger partial charge in [0.05, 0.1) is 12.8 Å². The van der Waals surface area contributed by atoms with E-state index in [0.29, 0.717) is 12.3 Å². The zero-order valence-corrected chi connectivity index (χ0v) is 13.1. The van der Waals surface area contributed by atoms with E-state index < -0.39 is 0 Å². The molecule has 1 heterocycles. The molecule has 0 saturated heterocycles. The maximum absolute atomic E-state index is 12.2. The van der Waals surface area contributed by atoms with E-state index in [2.05, 4.69) is 20.7 Å². The highest BCUT2D eigenvalue weighted by atomic mass is 16.5. The lowest BCUT2D eigenvalue weighted by molar-refractivity contribution is 0.0949. The Morgan fingerprint density at radius 2 is 2.13 bits per heavy atom. The summed E-state index contributed by atoms with van der Waals surface area (Å²) in [4.78, 5) is 12.2. The monoisotopic (exact) mass is 312 g/mol. The molecular formula is C17H20N4O2. The van der Waals surface area contributed by atoms with Gasteiger partial charge in [0, 0.05) is 11.3 Å². The number of aryl methyl sites for hydroxylation is 1. The van der Waals surface area contributed by atoms with Gasteiger partial charge in [-0.05, 0) is 62.4 Å². The van der Waals surface area contributed by atoms with Crippen LogP contribution >= 0.6 is 0 Å². The summed E-state index contributed by atoms with van der Waals surface area (Å²) < 4.78 is 5.38. The van der Waals surface area contributed by atoms with Crippen LogP contribution in [0.25, 0.3) is 0 Å². The number of ether oxygens (including phenoxy) is 1. The van der Waals surface area contributed by atoms with Crippen molar-refractivity contribution < 1.29 is 9.53 Å². The molecule has 1 aliphatic rings. The van der Waals surface area contributed by atoms with E-state index in [4.69, 9.17) is 4.74 Å². The molecule has 1 amide bonds. The van der Waals surface area contributed by atoms with Crippen LogP contribution in [-0.4, -0.2) is 28.9 Å². The molecule has 0 saturated carbocycles. The van der Waals surface area contributed by atoms with E-state index in [0.717, 1.165) is 48.3 Å². The van der Waals surface area contributed by atoms with Crippen molar-refractivity contribution in [3.63, 3.8) is 0 Å². The maximum atomic E-state index is 12.2. The van der Waals surface area contributed by atoms with Crippen LogP contribution in [-0.2, 0) is 12.8 Å². The van der Waals surface area contributed by atoms with Crippen molar-refractivity contribution >= 4 is 12.1 Å². The molecule has 1 aromatic heterocycles. The molecule has 2 N–H and O–H groups in total. The summed E-state index contributed by atoms with van der Waals surface area (Å²) in [5, 5.41) is 11.1. The lowest BCUT2D eigenvalue weighted by atomic mass is 9.96. The lowest BCUT2D eigenvalue weighted by Crippen LogP contribution is -2.20. The number of aromatic nitrogens is 2. The zero-order chi connectivity index (χ0) is 16.1. The van der Waals surface area contributed by atoms with Crippen LogP contribution in [0.15, 0.2) is 29.4 Å². The third-order valence-corrected chi connectivity index (χ3v) is 3.84. The Labute approximate surface area is 134 Å². The van der Waals surface area contributed by atoms with Gasteiger partial charge in [0.15, 0.2) is 5.69 Å². The number of fused-ring (bicyclic) bond motifs is 1. The smallest absolute Gasteiger partial charge is 0.292 e. The van der Waals surface area contributed by atoms with Gasteiger partial charge in [-0.15, -0.1) is 0 Å². The summed E-state index contributed by atoms with van der Waals surface area (Å²) >= 11 is 0. The summed E-state index contributed by atoms with van der Waals surface area (Å²) in [6.07, 6.45) is 5.71. The Hall–Kier alpha value is -2.63. The molecule has 6 nitrogen and oxygen atoms in total. The SMILES string of the molecule is CCOc1ccc(C=NNC(=O)c2n[nH]c3c2CCCC3)cc1. The van der Waals surface area contributed by atoms with Crippen molar-refractivity contribution in [2.45, 2.75) is 32.6 Å². The first-order valence-electron chi connectivity index (χ1n) is 7.90. The molecular weight excluding hydrogens is 292 g/mol. The highest BCUT2D eigenvalue weighted by molar-refractivity contribution is 5.94. The summed E-state index contributed by atoms with van der Waals surface area (Å²) in [5.41, 5.74) is 6.00. The number of hydrazone groups is 1. The summed E-state index contributed by atoms with van der Waals surface area (Å²) in [6.45, 7) is 2.58. The number of amides is 1. The Morgan fingerprint density at radius 3 is 2.91 bits per heavy atom. The van der Waals surface area contributed by atoms with Crippen molar-refractivity contribution in [1.82, 2.24) is 15.6 Å². The number of carbonyl (C=O) groups is 1. The van der Waals surface area contributed by atoms with Crippen molar-refractivity contribution in [2.24, 2.45) is 5.10 Å². The van der Waals surface area contributed by atoms with E-state index in [1.165, 1.54) is 0 Å². The van der Waals surface area contributed by atoms with E-state index >= 15 is 0 Å². The first kappa shape index (κ1) is 15.3. The lowest BCUT2D eigenvalue weighted by Gasteiger charge is -2.10. The second kappa shape index (κ2) is 7.09. The number of nitrogens with zero attached hydrogens (tertiary/aromatic N) is 2. The van der Waals surface area contributed by atoms with E-state index in [1.54, 1.807) is 6.21 Å². The first-order chi connectivity index (χ1) is 11.3. The predicted molar refractivity (Wildman–Crippen MR) is 87.9 cm³/mol. The quantitative estimate of drug-likeness (QED) is 0.657. The first-order valence-corrected chi connectivity index (χ1v) is 7.90. The Balaban J connectivity index is 1.61. The summed E-state index contributed by atoms with van der Waals surface area (Å²) in [5.74, 6) is 0.545. The molecule has 1 aliphatic carbocycles. The standard InChI is InChI=1S/C17H20N4O2/c1-2-23-13-9-7-12(8-10-13)11-18-21-17(22)16-14-5-3-4-6-15(14)19-20-16/h7-11H,2-6H2,1H3,(H,19,20)(H,21,22). The van der Waals surface area contributed by atoms with Gasteiger partial charge >= 0.3 is 0 Å². The fourth-order valence-electron chi connectivity index (χ4n) is 2.70. The minimum atomic E-state index is -0.272. The molecule has 0 unspecified atom stereocenters. The molecule has 0 bridgehead atoms. The second-order valence-corrected chi connectivity index (χ2v) is 5.44. The zero-order valence-electron chi connectivity index (χ0n) is 13.1. The average molecular weight is 312 g/mol. The van der Waals surface area contributed by atoms with Crippen LogP contribution < -0.4 is 10.2 Å². The number of hydrogen-bond donors (Lipinski definition) is 2. The molecule has 0 fully saturated rings. The van der Waals surface area contributed by atoms with Crippen molar-refractivity contribution in [2.75, 3.05) is 6.61 Å². The molecule has 6 heteroatoms. The molecule has 120 valence electrons. The number of nitrogens with one attached hydrogen (secondary N) is 2. The topological polar surface area (TPSA) is 79.4 Å². The van der Waals surface area contributed by atoms with Crippen LogP contribution in [0.1, 0.15) is 47.1 Å². The van der Waals surface area contributed by atoms with E-state index in [-0.39, 0.29) is 5.91 Å². The molecule has 2 aromatic rings. The van der Waals surface area contributed by atoms with Crippen LogP contribution in [0.2, 0.25) is 0 Å².